The molecule has 0 aliphatic heterocycles. The highest BCUT2D eigenvalue weighted by Gasteiger charge is 2.47. The Morgan fingerprint density at radius 1 is 1.13 bits per heavy atom. The molecule has 1 aliphatic carbocycles. The van der Waals surface area contributed by atoms with Crippen molar-refractivity contribution in [3.8, 4) is 22.6 Å². The lowest BCUT2D eigenvalue weighted by atomic mass is 9.87. The Balaban J connectivity index is 0.000000730. The second-order valence-corrected chi connectivity index (χ2v) is 7.30. The summed E-state index contributed by atoms with van der Waals surface area (Å²) in [7, 11) is 0. The maximum Gasteiger partial charge on any atom is 0.252 e. The van der Waals surface area contributed by atoms with Gasteiger partial charge in [0.1, 0.15) is 11.5 Å². The van der Waals surface area contributed by atoms with Crippen LogP contribution in [0.3, 0.4) is 0 Å². The van der Waals surface area contributed by atoms with Crippen molar-refractivity contribution >= 4 is 12.1 Å². The number of halogens is 3. The summed E-state index contributed by atoms with van der Waals surface area (Å²) >= 11 is 0. The lowest BCUT2D eigenvalue weighted by molar-refractivity contribution is -0.107. The number of imidazole rings is 2. The number of carbonyl (C=O) groups is 1. The first-order chi connectivity index (χ1) is 14.8. The summed E-state index contributed by atoms with van der Waals surface area (Å²) in [6.07, 6.45) is 3.08. The van der Waals surface area contributed by atoms with E-state index in [1.54, 1.807) is 39.8 Å². The van der Waals surface area contributed by atoms with Gasteiger partial charge in [-0.15, -0.1) is 0 Å². The van der Waals surface area contributed by atoms with Crippen LogP contribution < -0.4 is 5.73 Å². The van der Waals surface area contributed by atoms with E-state index < -0.39 is 5.92 Å². The third-order valence-corrected chi connectivity index (χ3v) is 5.15. The maximum absolute atomic E-state index is 13.5. The third-order valence-electron chi connectivity index (χ3n) is 5.15. The number of aromatic nitrogens is 5. The lowest BCUT2D eigenvalue weighted by Crippen LogP contribution is -2.37. The Hall–Kier alpha value is -3.69. The van der Waals surface area contributed by atoms with Gasteiger partial charge in [0.15, 0.2) is 5.65 Å². The zero-order chi connectivity index (χ0) is 22.2. The van der Waals surface area contributed by atoms with Crippen LogP contribution in [0, 0.1) is 12.7 Å². The molecule has 1 aromatic carbocycles. The first-order valence-electron chi connectivity index (χ1n) is 9.50. The molecule has 3 heterocycles. The number of alkyl halides is 2. The van der Waals surface area contributed by atoms with Crippen molar-refractivity contribution in [2.75, 3.05) is 0 Å². The average molecular weight is 428 g/mol. The molecule has 2 N–H and O–H groups in total. The molecule has 0 saturated heterocycles. The fraction of sp³-hybridized carbons (Fsp3) is 0.238. The van der Waals surface area contributed by atoms with Crippen LogP contribution in [-0.4, -0.2) is 36.5 Å². The van der Waals surface area contributed by atoms with E-state index in [2.05, 4.69) is 20.8 Å². The van der Waals surface area contributed by atoms with Gasteiger partial charge in [0.05, 0.1) is 29.6 Å². The number of nitrogens with zero attached hydrogens (tertiary/aromatic N) is 5. The third kappa shape index (κ3) is 3.88. The van der Waals surface area contributed by atoms with Gasteiger partial charge in [-0.25, -0.2) is 27.7 Å². The fourth-order valence-electron chi connectivity index (χ4n) is 3.65. The minimum atomic E-state index is -2.65. The second kappa shape index (κ2) is 7.86. The zero-order valence-corrected chi connectivity index (χ0v) is 16.5. The van der Waals surface area contributed by atoms with Gasteiger partial charge in [0.25, 0.3) is 5.92 Å². The summed E-state index contributed by atoms with van der Waals surface area (Å²) in [4.78, 5) is 17.3. The summed E-state index contributed by atoms with van der Waals surface area (Å²) in [5.41, 5.74) is 8.25. The molecular weight excluding hydrogens is 409 g/mol. The predicted octanol–water partition coefficient (Wildman–Crippen LogP) is 3.78. The number of amides is 1. The minimum absolute atomic E-state index is 0.231. The molecule has 7 nitrogen and oxygen atoms in total. The van der Waals surface area contributed by atoms with Gasteiger partial charge in [-0.05, 0) is 43.3 Å². The van der Waals surface area contributed by atoms with Crippen molar-refractivity contribution in [3.63, 3.8) is 0 Å². The van der Waals surface area contributed by atoms with Crippen molar-refractivity contribution in [2.45, 2.75) is 31.7 Å². The van der Waals surface area contributed by atoms with Crippen LogP contribution in [0.1, 0.15) is 24.6 Å². The highest BCUT2D eigenvalue weighted by molar-refractivity contribution is 5.77. The van der Waals surface area contributed by atoms with Crippen LogP contribution in [0.4, 0.5) is 13.2 Å². The monoisotopic (exact) mass is 428 g/mol. The van der Waals surface area contributed by atoms with E-state index in [0.717, 1.165) is 5.69 Å². The Morgan fingerprint density at radius 3 is 2.45 bits per heavy atom. The van der Waals surface area contributed by atoms with E-state index in [-0.39, 0.29) is 31.1 Å². The molecule has 1 fully saturated rings. The number of carbonyl (C=O) groups excluding carboxylic acids is 1. The highest BCUT2D eigenvalue weighted by atomic mass is 19.3. The molecule has 0 unspecified atom stereocenters. The SMILES string of the molecule is Cc1cnc2ccc(-c3c(-c4ccc(F)cc4)ncn3C3CC(F)(F)C3)nn12.NC=O. The first-order valence-corrected chi connectivity index (χ1v) is 9.50. The van der Waals surface area contributed by atoms with Crippen molar-refractivity contribution in [3.05, 3.63) is 60.4 Å². The van der Waals surface area contributed by atoms with E-state index in [4.69, 9.17) is 4.79 Å². The molecule has 4 aromatic rings. The first kappa shape index (κ1) is 20.6. The minimum Gasteiger partial charge on any atom is -0.372 e. The lowest BCUT2D eigenvalue weighted by Gasteiger charge is -2.36. The summed E-state index contributed by atoms with van der Waals surface area (Å²) in [5, 5.41) is 4.65. The molecule has 160 valence electrons. The van der Waals surface area contributed by atoms with E-state index >= 15 is 0 Å². The van der Waals surface area contributed by atoms with Gasteiger partial charge in [-0.3, -0.25) is 4.79 Å². The predicted molar refractivity (Wildman–Crippen MR) is 108 cm³/mol. The van der Waals surface area contributed by atoms with Crippen molar-refractivity contribution < 1.29 is 18.0 Å². The van der Waals surface area contributed by atoms with Crippen LogP contribution >= 0.6 is 0 Å². The Bertz CT molecular complexity index is 1220. The second-order valence-electron chi connectivity index (χ2n) is 7.30. The number of hydrogen-bond donors (Lipinski definition) is 1. The number of benzene rings is 1. The van der Waals surface area contributed by atoms with Crippen LogP contribution in [0.5, 0.6) is 0 Å². The zero-order valence-electron chi connectivity index (χ0n) is 16.5. The summed E-state index contributed by atoms with van der Waals surface area (Å²) in [5.74, 6) is -3.00. The molecule has 3 aromatic heterocycles. The molecule has 31 heavy (non-hydrogen) atoms. The highest BCUT2D eigenvalue weighted by Crippen LogP contribution is 2.47. The van der Waals surface area contributed by atoms with Crippen LogP contribution in [-0.2, 0) is 4.79 Å². The average Bonchev–Trinajstić information content (AvgIpc) is 3.31. The Labute approximate surface area is 175 Å². The summed E-state index contributed by atoms with van der Waals surface area (Å²) in [6, 6.07) is 9.24. The van der Waals surface area contributed by atoms with E-state index in [9.17, 15) is 13.2 Å². The number of nitrogens with two attached hydrogens (primary N) is 1. The number of primary amides is 1. The molecule has 0 atom stereocenters. The van der Waals surface area contributed by atoms with E-state index in [0.29, 0.717) is 28.3 Å². The topological polar surface area (TPSA) is 91.1 Å². The smallest absolute Gasteiger partial charge is 0.252 e. The van der Waals surface area contributed by atoms with E-state index in [1.807, 2.05) is 13.0 Å². The molecule has 0 spiro atoms. The van der Waals surface area contributed by atoms with Crippen molar-refractivity contribution in [1.29, 1.82) is 0 Å². The molecule has 1 saturated carbocycles. The van der Waals surface area contributed by atoms with Gasteiger partial charge in [0.2, 0.25) is 6.41 Å². The maximum atomic E-state index is 13.5. The summed E-state index contributed by atoms with van der Waals surface area (Å²) < 4.78 is 43.8. The quantitative estimate of drug-likeness (QED) is 0.503. The number of aryl methyl sites for hydroxylation is 1. The van der Waals surface area contributed by atoms with Crippen LogP contribution in [0.25, 0.3) is 28.3 Å². The van der Waals surface area contributed by atoms with Crippen LogP contribution in [0.15, 0.2) is 48.9 Å². The van der Waals surface area contributed by atoms with Gasteiger partial charge in [0, 0.05) is 24.4 Å². The molecule has 0 radical (unpaired) electrons. The molecule has 1 aliphatic rings. The summed E-state index contributed by atoms with van der Waals surface area (Å²) in [6.45, 7) is 1.89. The molecule has 10 heteroatoms. The molecular formula is C21H19F3N6O. The molecule has 1 amide bonds. The van der Waals surface area contributed by atoms with Crippen LogP contribution in [0.2, 0.25) is 0 Å². The fourth-order valence-corrected chi connectivity index (χ4v) is 3.65. The molecule has 0 bridgehead atoms. The standard InChI is InChI=1S/C20H16F3N5.CH3NO/c1-12-10-24-17-7-6-16(26-28(12)17)19-18(13-2-4-14(21)5-3-13)25-11-27(19)15-8-20(22,23)9-15;2-1-3/h2-7,10-11,15H,8-9H2,1H3;1H,(H2,2,3). The van der Waals surface area contributed by atoms with Gasteiger partial charge in [-0.2, -0.15) is 5.10 Å². The Morgan fingerprint density at radius 2 is 1.81 bits per heavy atom. The number of rotatable bonds is 3. The van der Waals surface area contributed by atoms with Crippen molar-refractivity contribution in [2.24, 2.45) is 5.73 Å². The normalized spacial score (nSPS) is 15.2. The van der Waals surface area contributed by atoms with Gasteiger partial charge in [-0.1, -0.05) is 0 Å². The molecule has 5 rings (SSSR count). The van der Waals surface area contributed by atoms with Gasteiger partial charge < -0.3 is 10.3 Å². The van der Waals surface area contributed by atoms with Gasteiger partial charge >= 0.3 is 0 Å². The number of hydrogen-bond acceptors (Lipinski definition) is 4. The van der Waals surface area contributed by atoms with Crippen molar-refractivity contribution in [1.82, 2.24) is 24.1 Å². The van der Waals surface area contributed by atoms with E-state index in [1.165, 1.54) is 12.1 Å². The largest absolute Gasteiger partial charge is 0.372 e. The number of fused-ring (bicyclic) bond motifs is 1. The Kier molecular flexibility index (Phi) is 5.22.